The molecule has 0 bridgehead atoms. The van der Waals surface area contributed by atoms with Gasteiger partial charge in [0.25, 0.3) is 5.56 Å². The minimum atomic E-state index is 0.0955. The minimum absolute atomic E-state index is 0.0955. The highest BCUT2D eigenvalue weighted by atomic mass is 16.1. The summed E-state index contributed by atoms with van der Waals surface area (Å²) in [6.07, 6.45) is 0. The molecular weight excluding hydrogens is 213 g/mol. The second kappa shape index (κ2) is 3.70. The van der Waals surface area contributed by atoms with Crippen molar-refractivity contribution in [2.24, 2.45) is 0 Å². The van der Waals surface area contributed by atoms with E-state index < -0.39 is 0 Å². The fourth-order valence-electron chi connectivity index (χ4n) is 2.32. The van der Waals surface area contributed by atoms with Gasteiger partial charge in [0.05, 0.1) is 17.4 Å². The molecule has 0 saturated carbocycles. The van der Waals surface area contributed by atoms with E-state index in [0.717, 1.165) is 41.8 Å². The maximum atomic E-state index is 12.3. The van der Waals surface area contributed by atoms with E-state index in [9.17, 15) is 4.79 Å². The molecule has 1 aliphatic rings. The highest BCUT2D eigenvalue weighted by Gasteiger charge is 2.17. The van der Waals surface area contributed by atoms with Gasteiger partial charge in [0, 0.05) is 13.1 Å². The molecule has 1 aromatic heterocycles. The number of nitrogens with zero attached hydrogens (tertiary/aromatic N) is 3. The van der Waals surface area contributed by atoms with Crippen molar-refractivity contribution in [3.63, 3.8) is 0 Å². The van der Waals surface area contributed by atoms with Gasteiger partial charge in [-0.25, -0.2) is 4.98 Å². The molecule has 2 heterocycles. The molecule has 1 aliphatic heterocycles. The monoisotopic (exact) mass is 227 g/mol. The van der Waals surface area contributed by atoms with E-state index in [1.54, 1.807) is 4.57 Å². The Morgan fingerprint density at radius 1 is 1.35 bits per heavy atom. The Hall–Kier alpha value is -1.62. The molecular formula is C12H14BN3O. The maximum absolute atomic E-state index is 12.3. The van der Waals surface area contributed by atoms with Crippen LogP contribution >= 0.6 is 0 Å². The fraction of sp³-hybridized carbons (Fsp3) is 0.333. The summed E-state index contributed by atoms with van der Waals surface area (Å²) in [6, 6.07) is 5.82. The van der Waals surface area contributed by atoms with E-state index in [0.29, 0.717) is 0 Å². The van der Waals surface area contributed by atoms with Crippen LogP contribution in [-0.2, 0) is 13.1 Å². The van der Waals surface area contributed by atoms with Gasteiger partial charge in [-0.05, 0) is 19.2 Å². The lowest BCUT2D eigenvalue weighted by atomic mass is 9.95. The predicted octanol–water partition coefficient (Wildman–Crippen LogP) is -0.900. The molecule has 0 N–H and O–H groups in total. The average molecular weight is 227 g/mol. The van der Waals surface area contributed by atoms with Crippen LogP contribution in [0.3, 0.4) is 0 Å². The number of hydrogen-bond acceptors (Lipinski definition) is 3. The molecule has 3 rings (SSSR count). The van der Waals surface area contributed by atoms with Gasteiger partial charge >= 0.3 is 0 Å². The largest absolute Gasteiger partial charge is 0.297 e. The lowest BCUT2D eigenvalue weighted by Gasteiger charge is -2.25. The molecule has 0 saturated heterocycles. The van der Waals surface area contributed by atoms with Crippen LogP contribution in [0, 0.1) is 0 Å². The zero-order valence-corrected chi connectivity index (χ0v) is 10.1. The molecule has 5 heteroatoms. The van der Waals surface area contributed by atoms with E-state index in [1.807, 2.05) is 26.0 Å². The third-order valence-electron chi connectivity index (χ3n) is 3.31. The first kappa shape index (κ1) is 10.5. The van der Waals surface area contributed by atoms with Crippen molar-refractivity contribution in [1.82, 2.24) is 14.5 Å². The summed E-state index contributed by atoms with van der Waals surface area (Å²) in [4.78, 5) is 19.1. The van der Waals surface area contributed by atoms with Crippen LogP contribution in [0.1, 0.15) is 5.82 Å². The van der Waals surface area contributed by atoms with Crippen molar-refractivity contribution in [2.75, 3.05) is 13.6 Å². The SMILES string of the molecule is Bc1ccc2c(=O)n3c(nc2c1)CN(C)CC3. The summed E-state index contributed by atoms with van der Waals surface area (Å²) < 4.78 is 1.80. The molecule has 0 atom stereocenters. The van der Waals surface area contributed by atoms with Crippen molar-refractivity contribution in [1.29, 1.82) is 0 Å². The topological polar surface area (TPSA) is 38.1 Å². The molecule has 4 nitrogen and oxygen atoms in total. The van der Waals surface area contributed by atoms with Gasteiger partial charge in [-0.1, -0.05) is 11.5 Å². The quantitative estimate of drug-likeness (QED) is 0.547. The van der Waals surface area contributed by atoms with Crippen molar-refractivity contribution >= 4 is 24.2 Å². The normalized spacial score (nSPS) is 16.1. The first-order chi connectivity index (χ1) is 8.15. The van der Waals surface area contributed by atoms with Crippen LogP contribution in [0.4, 0.5) is 0 Å². The van der Waals surface area contributed by atoms with Crippen molar-refractivity contribution < 1.29 is 0 Å². The van der Waals surface area contributed by atoms with Crippen LogP contribution in [0.25, 0.3) is 10.9 Å². The Labute approximate surface area is 100 Å². The summed E-state index contributed by atoms with van der Waals surface area (Å²) in [6.45, 7) is 2.40. The summed E-state index contributed by atoms with van der Waals surface area (Å²) in [5, 5.41) is 0.726. The predicted molar refractivity (Wildman–Crippen MR) is 70.5 cm³/mol. The van der Waals surface area contributed by atoms with Gasteiger partial charge < -0.3 is 0 Å². The smallest absolute Gasteiger partial charge is 0.261 e. The van der Waals surface area contributed by atoms with E-state index >= 15 is 0 Å². The second-order valence-electron chi connectivity index (χ2n) is 4.74. The lowest BCUT2D eigenvalue weighted by Crippen LogP contribution is -2.38. The zero-order valence-electron chi connectivity index (χ0n) is 10.1. The number of fused-ring (bicyclic) bond motifs is 2. The van der Waals surface area contributed by atoms with Gasteiger partial charge in [0.1, 0.15) is 13.7 Å². The van der Waals surface area contributed by atoms with Crippen molar-refractivity contribution in [2.45, 2.75) is 13.1 Å². The molecule has 0 fully saturated rings. The summed E-state index contributed by atoms with van der Waals surface area (Å²) in [5.74, 6) is 0.877. The van der Waals surface area contributed by atoms with E-state index in [-0.39, 0.29) is 5.56 Å². The van der Waals surface area contributed by atoms with Gasteiger partial charge in [-0.2, -0.15) is 0 Å². The number of likely N-dealkylation sites (N-methyl/N-ethyl adjacent to an activating group) is 1. The summed E-state index contributed by atoms with van der Waals surface area (Å²) in [5.41, 5.74) is 2.05. The van der Waals surface area contributed by atoms with Crippen LogP contribution in [0.5, 0.6) is 0 Å². The van der Waals surface area contributed by atoms with E-state index in [4.69, 9.17) is 0 Å². The molecule has 86 valence electrons. The van der Waals surface area contributed by atoms with Crippen LogP contribution in [-0.4, -0.2) is 35.9 Å². The zero-order chi connectivity index (χ0) is 12.0. The molecule has 1 aromatic carbocycles. The fourth-order valence-corrected chi connectivity index (χ4v) is 2.32. The van der Waals surface area contributed by atoms with E-state index in [1.165, 1.54) is 0 Å². The first-order valence-electron chi connectivity index (χ1n) is 5.84. The molecule has 17 heavy (non-hydrogen) atoms. The third-order valence-corrected chi connectivity index (χ3v) is 3.31. The van der Waals surface area contributed by atoms with Gasteiger partial charge in [-0.3, -0.25) is 14.3 Å². The molecule has 0 aliphatic carbocycles. The Morgan fingerprint density at radius 2 is 2.18 bits per heavy atom. The standard InChI is InChI=1S/C12H14BN3O/c1-15-4-5-16-11(7-15)14-10-6-8(13)2-3-9(10)12(16)17/h2-3,6H,4-5,7,13H2,1H3. The second-order valence-corrected chi connectivity index (χ2v) is 4.74. The third kappa shape index (κ3) is 1.67. The Kier molecular flexibility index (Phi) is 2.29. The van der Waals surface area contributed by atoms with Crippen LogP contribution < -0.4 is 11.0 Å². The van der Waals surface area contributed by atoms with Gasteiger partial charge in [0.15, 0.2) is 0 Å². The maximum Gasteiger partial charge on any atom is 0.261 e. The Bertz CT molecular complexity index is 650. The van der Waals surface area contributed by atoms with Gasteiger partial charge in [-0.15, -0.1) is 0 Å². The molecule has 0 radical (unpaired) electrons. The number of hydrogen-bond donors (Lipinski definition) is 0. The highest BCUT2D eigenvalue weighted by molar-refractivity contribution is 6.33. The van der Waals surface area contributed by atoms with Crippen LogP contribution in [0.2, 0.25) is 0 Å². The van der Waals surface area contributed by atoms with Crippen molar-refractivity contribution in [3.05, 3.63) is 34.4 Å². The number of rotatable bonds is 0. The number of aromatic nitrogens is 2. The van der Waals surface area contributed by atoms with E-state index in [2.05, 4.69) is 16.9 Å². The highest BCUT2D eigenvalue weighted by Crippen LogP contribution is 2.11. The first-order valence-corrected chi connectivity index (χ1v) is 5.84. The number of benzene rings is 1. The lowest BCUT2D eigenvalue weighted by molar-refractivity contribution is 0.259. The molecule has 2 aromatic rings. The summed E-state index contributed by atoms with van der Waals surface area (Å²) >= 11 is 0. The Morgan fingerprint density at radius 3 is 3.00 bits per heavy atom. The molecule has 0 spiro atoms. The van der Waals surface area contributed by atoms with Gasteiger partial charge in [0.2, 0.25) is 0 Å². The Balaban J connectivity index is 2.32. The minimum Gasteiger partial charge on any atom is -0.297 e. The summed E-state index contributed by atoms with van der Waals surface area (Å²) in [7, 11) is 4.07. The molecule has 0 unspecified atom stereocenters. The van der Waals surface area contributed by atoms with Crippen LogP contribution in [0.15, 0.2) is 23.0 Å². The average Bonchev–Trinajstić information content (AvgIpc) is 2.28. The molecule has 0 amide bonds. The van der Waals surface area contributed by atoms with Crippen molar-refractivity contribution in [3.8, 4) is 0 Å².